The van der Waals surface area contributed by atoms with Crippen LogP contribution in [0.4, 0.5) is 5.69 Å². The summed E-state index contributed by atoms with van der Waals surface area (Å²) in [7, 11) is 0. The van der Waals surface area contributed by atoms with Gasteiger partial charge in [0.1, 0.15) is 0 Å². The highest BCUT2D eigenvalue weighted by atomic mass is 16.4. The van der Waals surface area contributed by atoms with Gasteiger partial charge in [-0.1, -0.05) is 18.2 Å². The molecule has 0 bridgehead atoms. The second-order valence-electron chi connectivity index (χ2n) is 5.19. The summed E-state index contributed by atoms with van der Waals surface area (Å²) in [5, 5.41) is 15.9. The molecule has 0 spiro atoms. The van der Waals surface area contributed by atoms with Gasteiger partial charge in [0.2, 0.25) is 0 Å². The summed E-state index contributed by atoms with van der Waals surface area (Å²) in [5.74, 6) is -1.69. The molecule has 1 aromatic carbocycles. The number of hydrogen-bond donors (Lipinski definition) is 2. The van der Waals surface area contributed by atoms with Gasteiger partial charge in [-0.05, 0) is 25.0 Å². The highest BCUT2D eigenvalue weighted by molar-refractivity contribution is 6.07. The Labute approximate surface area is 121 Å². The van der Waals surface area contributed by atoms with E-state index in [9.17, 15) is 14.7 Å². The van der Waals surface area contributed by atoms with Crippen molar-refractivity contribution >= 4 is 17.6 Å². The third-order valence-corrected chi connectivity index (χ3v) is 3.81. The van der Waals surface area contributed by atoms with Crippen LogP contribution >= 0.6 is 0 Å². The summed E-state index contributed by atoms with van der Waals surface area (Å²) in [6.45, 7) is 1.95. The molecule has 1 atom stereocenters. The lowest BCUT2D eigenvalue weighted by Gasteiger charge is -2.32. The van der Waals surface area contributed by atoms with Gasteiger partial charge in [-0.15, -0.1) is 0 Å². The summed E-state index contributed by atoms with van der Waals surface area (Å²) in [6, 6.07) is 7.42. The number of aromatic amines is 1. The largest absolute Gasteiger partial charge is 0.481 e. The second-order valence-corrected chi connectivity index (χ2v) is 5.19. The third-order valence-electron chi connectivity index (χ3n) is 3.81. The minimum Gasteiger partial charge on any atom is -0.481 e. The number of carboxylic acid groups (broad SMARTS) is 1. The number of carboxylic acids is 1. The molecule has 0 aliphatic carbocycles. The molecule has 6 heteroatoms. The zero-order chi connectivity index (χ0) is 15.0. The van der Waals surface area contributed by atoms with Crippen LogP contribution in [0.15, 0.2) is 30.5 Å². The number of hydrogen-bond acceptors (Lipinski definition) is 3. The number of para-hydroxylation sites is 1. The SMILES string of the molecule is Cc1[nH]ncc1C(=O)N1CC(C(=O)O)Cc2ccccc21. The molecule has 0 saturated carbocycles. The van der Waals surface area contributed by atoms with Crippen LogP contribution < -0.4 is 4.90 Å². The van der Waals surface area contributed by atoms with Crippen LogP contribution in [0.25, 0.3) is 0 Å². The smallest absolute Gasteiger partial charge is 0.308 e. The first-order chi connectivity index (χ1) is 10.1. The summed E-state index contributed by atoms with van der Waals surface area (Å²) in [6.07, 6.45) is 1.92. The molecule has 3 rings (SSSR count). The summed E-state index contributed by atoms with van der Waals surface area (Å²) >= 11 is 0. The minimum absolute atomic E-state index is 0.176. The number of carbonyl (C=O) groups excluding carboxylic acids is 1. The van der Waals surface area contributed by atoms with Gasteiger partial charge >= 0.3 is 5.97 Å². The molecule has 1 unspecified atom stereocenters. The Morgan fingerprint density at radius 1 is 1.38 bits per heavy atom. The molecule has 108 valence electrons. The molecule has 1 aromatic heterocycles. The van der Waals surface area contributed by atoms with Crippen LogP contribution in [0.3, 0.4) is 0 Å². The number of nitrogens with zero attached hydrogens (tertiary/aromatic N) is 2. The molecule has 2 heterocycles. The number of benzene rings is 1. The van der Waals surface area contributed by atoms with Crippen LogP contribution in [0.5, 0.6) is 0 Å². The summed E-state index contributed by atoms with van der Waals surface area (Å²) < 4.78 is 0. The van der Waals surface area contributed by atoms with E-state index in [1.807, 2.05) is 24.3 Å². The number of nitrogens with one attached hydrogen (secondary N) is 1. The van der Waals surface area contributed by atoms with E-state index in [0.717, 1.165) is 11.3 Å². The van der Waals surface area contributed by atoms with Crippen LogP contribution in [0.2, 0.25) is 0 Å². The Hall–Kier alpha value is -2.63. The molecule has 0 fully saturated rings. The fourth-order valence-electron chi connectivity index (χ4n) is 2.66. The quantitative estimate of drug-likeness (QED) is 0.878. The van der Waals surface area contributed by atoms with Gasteiger partial charge in [-0.25, -0.2) is 0 Å². The van der Waals surface area contributed by atoms with Gasteiger partial charge < -0.3 is 10.0 Å². The maximum atomic E-state index is 12.7. The summed E-state index contributed by atoms with van der Waals surface area (Å²) in [5.41, 5.74) is 2.80. The van der Waals surface area contributed by atoms with Crippen molar-refractivity contribution in [2.45, 2.75) is 13.3 Å². The first-order valence-electron chi connectivity index (χ1n) is 6.70. The maximum absolute atomic E-state index is 12.7. The Morgan fingerprint density at radius 3 is 2.81 bits per heavy atom. The predicted octanol–water partition coefficient (Wildman–Crippen LogP) is 1.62. The van der Waals surface area contributed by atoms with Crippen molar-refractivity contribution in [2.24, 2.45) is 5.92 Å². The van der Waals surface area contributed by atoms with E-state index in [2.05, 4.69) is 10.2 Å². The molecule has 1 aliphatic rings. The number of anilines is 1. The molecule has 1 amide bonds. The van der Waals surface area contributed by atoms with E-state index in [1.54, 1.807) is 6.92 Å². The van der Waals surface area contributed by atoms with Crippen LogP contribution in [0.1, 0.15) is 21.6 Å². The lowest BCUT2D eigenvalue weighted by Crippen LogP contribution is -2.42. The van der Waals surface area contributed by atoms with Crippen molar-refractivity contribution in [3.05, 3.63) is 47.3 Å². The molecule has 6 nitrogen and oxygen atoms in total. The van der Waals surface area contributed by atoms with Gasteiger partial charge in [0.25, 0.3) is 5.91 Å². The molecule has 1 aliphatic heterocycles. The highest BCUT2D eigenvalue weighted by Gasteiger charge is 2.33. The minimum atomic E-state index is -0.883. The van der Waals surface area contributed by atoms with E-state index in [1.165, 1.54) is 11.1 Å². The van der Waals surface area contributed by atoms with Gasteiger partial charge in [0.15, 0.2) is 0 Å². The van der Waals surface area contributed by atoms with Gasteiger partial charge in [-0.2, -0.15) is 5.10 Å². The number of rotatable bonds is 2. The molecule has 0 radical (unpaired) electrons. The van der Waals surface area contributed by atoms with Crippen LogP contribution in [-0.4, -0.2) is 33.7 Å². The van der Waals surface area contributed by atoms with Crippen molar-refractivity contribution in [3.8, 4) is 0 Å². The molecule has 2 aromatic rings. The van der Waals surface area contributed by atoms with Crippen LogP contribution in [-0.2, 0) is 11.2 Å². The Kier molecular flexibility index (Phi) is 3.21. The van der Waals surface area contributed by atoms with E-state index in [4.69, 9.17) is 0 Å². The normalized spacial score (nSPS) is 17.4. The fourth-order valence-corrected chi connectivity index (χ4v) is 2.66. The first-order valence-corrected chi connectivity index (χ1v) is 6.70. The van der Waals surface area contributed by atoms with E-state index < -0.39 is 11.9 Å². The number of amides is 1. The monoisotopic (exact) mass is 285 g/mol. The molecular weight excluding hydrogens is 270 g/mol. The maximum Gasteiger partial charge on any atom is 0.308 e. The highest BCUT2D eigenvalue weighted by Crippen LogP contribution is 2.31. The zero-order valence-corrected chi connectivity index (χ0v) is 11.5. The fraction of sp³-hybridized carbons (Fsp3) is 0.267. The Balaban J connectivity index is 2.02. The van der Waals surface area contributed by atoms with Crippen molar-refractivity contribution < 1.29 is 14.7 Å². The van der Waals surface area contributed by atoms with E-state index in [-0.39, 0.29) is 12.5 Å². The lowest BCUT2D eigenvalue weighted by molar-refractivity contribution is -0.141. The lowest BCUT2D eigenvalue weighted by atomic mass is 9.92. The first kappa shape index (κ1) is 13.4. The Morgan fingerprint density at radius 2 is 2.14 bits per heavy atom. The number of aliphatic carboxylic acids is 1. The number of H-pyrrole nitrogens is 1. The molecule has 0 saturated heterocycles. The van der Waals surface area contributed by atoms with Crippen LogP contribution in [0, 0.1) is 12.8 Å². The topological polar surface area (TPSA) is 86.3 Å². The second kappa shape index (κ2) is 5.05. The van der Waals surface area contributed by atoms with Crippen molar-refractivity contribution in [3.63, 3.8) is 0 Å². The third kappa shape index (κ3) is 2.29. The van der Waals surface area contributed by atoms with E-state index in [0.29, 0.717) is 17.7 Å². The standard InChI is InChI=1S/C15H15N3O3/c1-9-12(7-16-17-9)14(19)18-8-11(15(20)21)6-10-4-2-3-5-13(10)18/h2-5,7,11H,6,8H2,1H3,(H,16,17)(H,20,21). The zero-order valence-electron chi connectivity index (χ0n) is 11.5. The average Bonchev–Trinajstić information content (AvgIpc) is 2.91. The van der Waals surface area contributed by atoms with Gasteiger partial charge in [0.05, 0.1) is 17.7 Å². The molecular formula is C15H15N3O3. The Bertz CT molecular complexity index is 708. The molecule has 2 N–H and O–H groups in total. The number of carbonyl (C=O) groups is 2. The predicted molar refractivity (Wildman–Crippen MR) is 76.3 cm³/mol. The van der Waals surface area contributed by atoms with E-state index >= 15 is 0 Å². The van der Waals surface area contributed by atoms with Gasteiger partial charge in [0, 0.05) is 17.9 Å². The number of fused-ring (bicyclic) bond motifs is 1. The molecule has 21 heavy (non-hydrogen) atoms. The average molecular weight is 285 g/mol. The number of aryl methyl sites for hydroxylation is 1. The van der Waals surface area contributed by atoms with Gasteiger partial charge in [-0.3, -0.25) is 14.7 Å². The van der Waals surface area contributed by atoms with Crippen molar-refractivity contribution in [1.29, 1.82) is 0 Å². The van der Waals surface area contributed by atoms with Crippen molar-refractivity contribution in [1.82, 2.24) is 10.2 Å². The van der Waals surface area contributed by atoms with Crippen molar-refractivity contribution in [2.75, 3.05) is 11.4 Å². The number of aromatic nitrogens is 2. The summed E-state index contributed by atoms with van der Waals surface area (Å²) in [4.78, 5) is 25.6.